The first-order valence-electron chi connectivity index (χ1n) is 29.5. The highest BCUT2D eigenvalue weighted by Crippen LogP contribution is 2.47. The summed E-state index contributed by atoms with van der Waals surface area (Å²) in [6.45, 7) is 29.7. The maximum absolute atomic E-state index is 9.37. The number of pyridine rings is 3. The Hall–Kier alpha value is -6.18. The number of rotatable bonds is 8. The molecule has 12 rings (SSSR count). The second-order valence-corrected chi connectivity index (χ2v) is 28.6. The van der Waals surface area contributed by atoms with Crippen LogP contribution in [0.3, 0.4) is 0 Å². The third-order valence-corrected chi connectivity index (χ3v) is 21.3. The molecule has 9 nitrogen and oxygen atoms in total. The zero-order chi connectivity index (χ0) is 59.7. The molecule has 3 aliphatic heterocycles. The molecule has 1 unspecified atom stereocenters. The molecule has 0 saturated carbocycles. The van der Waals surface area contributed by atoms with Gasteiger partial charge in [-0.25, -0.2) is 0 Å². The SMILES string of the molecule is Cc1cc(C)c(-c2csc3c(N4CCCC(C#N)C4)cc(C)nc23)c(C)c1.Cc1cc(N2CCC(CC#N)CC2)c2sc(C)c(-c3c(C)cc(Br)cc3C)c2n1.Cc1cc(N2CCC(CC#N)CC2)c2scc(-c3c(C)cc(Br)cc3C)c2n1. The summed E-state index contributed by atoms with van der Waals surface area (Å²) in [5, 5.41) is 31.9. The van der Waals surface area contributed by atoms with Gasteiger partial charge in [0, 0.05) is 110 Å². The fourth-order valence-electron chi connectivity index (χ4n) is 13.4. The van der Waals surface area contributed by atoms with Crippen molar-refractivity contribution in [1.82, 2.24) is 15.0 Å². The van der Waals surface area contributed by atoms with Gasteiger partial charge in [-0.05, 0) is 219 Å². The van der Waals surface area contributed by atoms with E-state index in [1.807, 2.05) is 11.3 Å². The largest absolute Gasteiger partial charge is 0.370 e. The minimum atomic E-state index is 0.128. The highest BCUT2D eigenvalue weighted by molar-refractivity contribution is 9.10. The number of hydrogen-bond acceptors (Lipinski definition) is 12. The van der Waals surface area contributed by atoms with Crippen LogP contribution in [-0.2, 0) is 0 Å². The maximum atomic E-state index is 9.37. The van der Waals surface area contributed by atoms with Crippen LogP contribution in [0.5, 0.6) is 0 Å². The molecule has 0 bridgehead atoms. The summed E-state index contributed by atoms with van der Waals surface area (Å²) in [6, 6.07) is 27.1. The molecule has 3 aliphatic rings. The number of nitriles is 3. The van der Waals surface area contributed by atoms with Crippen LogP contribution in [0, 0.1) is 128 Å². The van der Waals surface area contributed by atoms with Crippen LogP contribution in [0.4, 0.5) is 17.1 Å². The Morgan fingerprint density at radius 3 is 1.32 bits per heavy atom. The number of thiophene rings is 3. The average molecular weight is 1300 g/mol. The Labute approximate surface area is 526 Å². The van der Waals surface area contributed by atoms with Crippen LogP contribution >= 0.6 is 65.9 Å². The summed E-state index contributed by atoms with van der Waals surface area (Å²) < 4.78 is 6.06. The van der Waals surface area contributed by atoms with E-state index in [0.717, 1.165) is 120 Å². The smallest absolute Gasteiger partial charge is 0.0915 e. The van der Waals surface area contributed by atoms with Crippen molar-refractivity contribution in [3.8, 4) is 51.6 Å². The monoisotopic (exact) mass is 1300 g/mol. The van der Waals surface area contributed by atoms with E-state index < -0.39 is 0 Å². The number of piperidine rings is 3. The molecule has 0 N–H and O–H groups in total. The lowest BCUT2D eigenvalue weighted by atomic mass is 9.93. The second-order valence-electron chi connectivity index (χ2n) is 23.8. The summed E-state index contributed by atoms with van der Waals surface area (Å²) in [5.41, 5.74) is 27.1. The van der Waals surface area contributed by atoms with Crippen molar-refractivity contribution in [1.29, 1.82) is 15.8 Å². The molecule has 9 aromatic rings. The molecule has 432 valence electrons. The van der Waals surface area contributed by atoms with Crippen molar-refractivity contribution in [2.45, 2.75) is 128 Å². The number of benzene rings is 3. The Kier molecular flexibility index (Phi) is 19.0. The van der Waals surface area contributed by atoms with E-state index in [4.69, 9.17) is 25.5 Å². The van der Waals surface area contributed by atoms with Crippen molar-refractivity contribution >= 4 is 114 Å². The maximum Gasteiger partial charge on any atom is 0.0915 e. The molecule has 0 amide bonds. The van der Waals surface area contributed by atoms with E-state index in [-0.39, 0.29) is 5.92 Å². The zero-order valence-corrected chi connectivity index (χ0v) is 56.1. The molecular formula is C70H75Br2N9S3. The summed E-state index contributed by atoms with van der Waals surface area (Å²) in [6.07, 6.45) is 7.84. The summed E-state index contributed by atoms with van der Waals surface area (Å²) >= 11 is 12.7. The predicted octanol–water partition coefficient (Wildman–Crippen LogP) is 19.8. The summed E-state index contributed by atoms with van der Waals surface area (Å²) in [5.74, 6) is 1.22. The van der Waals surface area contributed by atoms with E-state index in [1.165, 1.54) is 108 Å². The third kappa shape index (κ3) is 12.8. The predicted molar refractivity (Wildman–Crippen MR) is 364 cm³/mol. The number of halogens is 2. The molecule has 3 aromatic carbocycles. The quantitative estimate of drug-likeness (QED) is 0.146. The van der Waals surface area contributed by atoms with E-state index in [0.29, 0.717) is 24.7 Å². The zero-order valence-electron chi connectivity index (χ0n) is 50.5. The Morgan fingerprint density at radius 1 is 0.476 bits per heavy atom. The van der Waals surface area contributed by atoms with Gasteiger partial charge in [-0.1, -0.05) is 49.6 Å². The highest BCUT2D eigenvalue weighted by Gasteiger charge is 2.28. The van der Waals surface area contributed by atoms with E-state index >= 15 is 0 Å². The number of aryl methyl sites for hydroxylation is 11. The highest BCUT2D eigenvalue weighted by atomic mass is 79.9. The van der Waals surface area contributed by atoms with Crippen LogP contribution < -0.4 is 14.7 Å². The Bertz CT molecular complexity index is 4010. The standard InChI is InChI=1S/C24H26BrN3S.C23H24BrN3S.C23H25N3S/c1-14-11-19(25)12-15(2)21(14)22-17(4)29-24-20(13-16(3)27-23(22)24)28-9-6-18(5-8-26)7-10-28;1-14-10-18(24)11-15(2)21(14)19-13-28-23-20(12-16(3)26-22(19)23)27-8-5-17(4-7-25)6-9-27;1-14-8-15(2)21(16(3)9-14)19-13-27-23-20(10-17(4)25-22(19)23)26-7-5-6-18(11-24)12-26/h11-13,18H,5-7,9-10H2,1-4H3;10-13,17H,4-6,8-9H2,1-3H3;8-10,13,18H,5-7,12H2,1-4H3. The average Bonchev–Trinajstić information content (AvgIpc) is 2.37. The fraction of sp³-hybridized carbons (Fsp3) is 0.400. The van der Waals surface area contributed by atoms with Crippen molar-refractivity contribution in [3.63, 3.8) is 0 Å². The summed E-state index contributed by atoms with van der Waals surface area (Å²) in [4.78, 5) is 23.6. The van der Waals surface area contributed by atoms with E-state index in [1.54, 1.807) is 22.7 Å². The fourth-order valence-corrected chi connectivity index (χ4v) is 18.0. The topological polar surface area (TPSA) is 120 Å². The molecule has 0 spiro atoms. The van der Waals surface area contributed by atoms with Crippen LogP contribution in [0.15, 0.2) is 74.3 Å². The first kappa shape index (κ1) is 60.9. The molecule has 14 heteroatoms. The number of nitrogens with zero attached hydrogens (tertiary/aromatic N) is 9. The first-order chi connectivity index (χ1) is 40.3. The Morgan fingerprint density at radius 2 is 0.881 bits per heavy atom. The third-order valence-electron chi connectivity index (χ3n) is 17.3. The lowest BCUT2D eigenvalue weighted by Crippen LogP contribution is -2.34. The van der Waals surface area contributed by atoms with Crippen LogP contribution in [0.1, 0.15) is 112 Å². The van der Waals surface area contributed by atoms with Gasteiger partial charge in [-0.15, -0.1) is 34.0 Å². The van der Waals surface area contributed by atoms with Gasteiger partial charge in [0.25, 0.3) is 0 Å². The molecular weight excluding hydrogens is 1220 g/mol. The van der Waals surface area contributed by atoms with E-state index in [2.05, 4.69) is 206 Å². The van der Waals surface area contributed by atoms with Crippen molar-refractivity contribution < 1.29 is 0 Å². The molecule has 1 atom stereocenters. The van der Waals surface area contributed by atoms with Gasteiger partial charge in [-0.2, -0.15) is 15.8 Å². The van der Waals surface area contributed by atoms with Gasteiger partial charge in [-0.3, -0.25) is 15.0 Å². The number of fused-ring (bicyclic) bond motifs is 3. The van der Waals surface area contributed by atoms with Gasteiger partial charge >= 0.3 is 0 Å². The van der Waals surface area contributed by atoms with Gasteiger partial charge in [0.05, 0.1) is 71.8 Å². The van der Waals surface area contributed by atoms with Crippen LogP contribution in [0.25, 0.3) is 64.0 Å². The molecule has 3 saturated heterocycles. The molecule has 6 aromatic heterocycles. The van der Waals surface area contributed by atoms with Crippen LogP contribution in [0.2, 0.25) is 0 Å². The van der Waals surface area contributed by atoms with Crippen molar-refractivity contribution in [2.24, 2.45) is 17.8 Å². The van der Waals surface area contributed by atoms with Crippen molar-refractivity contribution in [2.75, 3.05) is 54.0 Å². The summed E-state index contributed by atoms with van der Waals surface area (Å²) in [7, 11) is 0. The Balaban J connectivity index is 0.000000140. The number of hydrogen-bond donors (Lipinski definition) is 0. The van der Waals surface area contributed by atoms with Crippen molar-refractivity contribution in [3.05, 3.63) is 135 Å². The molecule has 0 aliphatic carbocycles. The van der Waals surface area contributed by atoms with Gasteiger partial charge in [0.2, 0.25) is 0 Å². The normalized spacial score (nSPS) is 15.8. The molecule has 3 fully saturated rings. The first-order valence-corrected chi connectivity index (χ1v) is 33.7. The minimum Gasteiger partial charge on any atom is -0.370 e. The molecule has 9 heterocycles. The van der Waals surface area contributed by atoms with Gasteiger partial charge < -0.3 is 14.7 Å². The number of aromatic nitrogens is 3. The van der Waals surface area contributed by atoms with Gasteiger partial charge in [0.15, 0.2) is 0 Å². The lowest BCUT2D eigenvalue weighted by molar-refractivity contribution is 0.413. The minimum absolute atomic E-state index is 0.128. The lowest BCUT2D eigenvalue weighted by Gasteiger charge is -2.33. The van der Waals surface area contributed by atoms with Crippen LogP contribution in [-0.4, -0.2) is 54.2 Å². The van der Waals surface area contributed by atoms with E-state index in [9.17, 15) is 5.26 Å². The van der Waals surface area contributed by atoms with Gasteiger partial charge in [0.1, 0.15) is 0 Å². The second kappa shape index (κ2) is 26.2. The number of anilines is 3. The molecule has 0 radical (unpaired) electrons. The molecule has 84 heavy (non-hydrogen) atoms.